The van der Waals surface area contributed by atoms with Crippen LogP contribution in [0.5, 0.6) is 0 Å². The molecule has 0 unspecified atom stereocenters. The van der Waals surface area contributed by atoms with Gasteiger partial charge in [-0.15, -0.1) is 0 Å². The van der Waals surface area contributed by atoms with Gasteiger partial charge in [0.2, 0.25) is 0 Å². The van der Waals surface area contributed by atoms with Crippen LogP contribution in [0, 0.1) is 0 Å². The van der Waals surface area contributed by atoms with Crippen LogP contribution in [0.25, 0.3) is 6.08 Å². The first kappa shape index (κ1) is 17.6. The third-order valence-corrected chi connectivity index (χ3v) is 4.54. The molecular weight excluding hydrogens is 349 g/mol. The summed E-state index contributed by atoms with van der Waals surface area (Å²) in [6.45, 7) is 0. The van der Waals surface area contributed by atoms with Gasteiger partial charge in [-0.05, 0) is 35.4 Å². The number of sulfone groups is 1. The van der Waals surface area contributed by atoms with E-state index in [9.17, 15) is 21.6 Å². The maximum Gasteiger partial charge on any atom is 0.416 e. The summed E-state index contributed by atoms with van der Waals surface area (Å²) in [7, 11) is -3.70. The van der Waals surface area contributed by atoms with Crippen LogP contribution >= 0.6 is 11.6 Å². The zero-order chi connectivity index (χ0) is 17.1. The van der Waals surface area contributed by atoms with Crippen molar-refractivity contribution in [2.45, 2.75) is 11.9 Å². The van der Waals surface area contributed by atoms with E-state index in [1.165, 1.54) is 18.2 Å². The number of rotatable bonds is 4. The summed E-state index contributed by atoms with van der Waals surface area (Å²) in [4.78, 5) is 0. The Balaban J connectivity index is 2.24. The van der Waals surface area contributed by atoms with Gasteiger partial charge in [-0.25, -0.2) is 8.42 Å². The highest BCUT2D eigenvalue weighted by molar-refractivity contribution is 7.93. The first-order valence-electron chi connectivity index (χ1n) is 6.49. The number of halogens is 4. The quantitative estimate of drug-likeness (QED) is 0.773. The molecule has 0 N–H and O–H groups in total. The summed E-state index contributed by atoms with van der Waals surface area (Å²) in [6, 6.07) is 11.0. The number of benzene rings is 2. The topological polar surface area (TPSA) is 34.1 Å². The summed E-state index contributed by atoms with van der Waals surface area (Å²) in [5.41, 5.74) is -0.569. The van der Waals surface area contributed by atoms with E-state index in [1.807, 2.05) is 0 Å². The fraction of sp³-hybridized carbons (Fsp3) is 0.125. The van der Waals surface area contributed by atoms with Crippen molar-refractivity contribution in [1.82, 2.24) is 0 Å². The molecule has 0 aliphatic carbocycles. The fourth-order valence-electron chi connectivity index (χ4n) is 1.94. The van der Waals surface area contributed by atoms with Gasteiger partial charge in [-0.3, -0.25) is 0 Å². The molecular formula is C16H12ClF3O2S. The molecule has 2 aromatic rings. The molecule has 0 saturated heterocycles. The van der Waals surface area contributed by atoms with Crippen molar-refractivity contribution in [3.05, 3.63) is 75.7 Å². The van der Waals surface area contributed by atoms with Gasteiger partial charge in [0.05, 0.1) is 11.3 Å². The smallest absolute Gasteiger partial charge is 0.224 e. The second-order valence-corrected chi connectivity index (χ2v) is 7.14. The summed E-state index contributed by atoms with van der Waals surface area (Å²) in [5.74, 6) is -0.311. The zero-order valence-corrected chi connectivity index (χ0v) is 13.3. The van der Waals surface area contributed by atoms with E-state index in [0.717, 1.165) is 17.6 Å². The van der Waals surface area contributed by atoms with Crippen molar-refractivity contribution in [1.29, 1.82) is 0 Å². The molecule has 0 heterocycles. The Morgan fingerprint density at radius 1 is 1.00 bits per heavy atom. The molecule has 0 radical (unpaired) electrons. The lowest BCUT2D eigenvalue weighted by molar-refractivity contribution is -0.137. The highest BCUT2D eigenvalue weighted by Gasteiger charge is 2.32. The van der Waals surface area contributed by atoms with Gasteiger partial charge in [0.1, 0.15) is 0 Å². The monoisotopic (exact) mass is 360 g/mol. The molecule has 0 fully saturated rings. The Hall–Kier alpha value is -1.79. The molecule has 2 aromatic carbocycles. The van der Waals surface area contributed by atoms with Gasteiger partial charge < -0.3 is 0 Å². The van der Waals surface area contributed by atoms with Crippen molar-refractivity contribution in [3.63, 3.8) is 0 Å². The molecule has 0 aliphatic heterocycles. The lowest BCUT2D eigenvalue weighted by atomic mass is 10.1. The second-order valence-electron chi connectivity index (χ2n) is 4.82. The maximum absolute atomic E-state index is 12.9. The van der Waals surface area contributed by atoms with E-state index in [1.54, 1.807) is 24.3 Å². The highest BCUT2D eigenvalue weighted by Crippen LogP contribution is 2.32. The Labute approximate surface area is 137 Å². The second kappa shape index (κ2) is 6.76. The van der Waals surface area contributed by atoms with Crippen LogP contribution in [-0.4, -0.2) is 8.42 Å². The Kier molecular flexibility index (Phi) is 5.16. The lowest BCUT2D eigenvalue weighted by Crippen LogP contribution is -2.07. The van der Waals surface area contributed by atoms with Crippen molar-refractivity contribution >= 4 is 27.5 Å². The van der Waals surface area contributed by atoms with Gasteiger partial charge in [0.25, 0.3) is 0 Å². The average Bonchev–Trinajstić information content (AvgIpc) is 2.47. The predicted molar refractivity (Wildman–Crippen MR) is 84.6 cm³/mol. The van der Waals surface area contributed by atoms with E-state index in [-0.39, 0.29) is 11.3 Å². The third-order valence-electron chi connectivity index (χ3n) is 3.00. The molecule has 122 valence electrons. The summed E-state index contributed by atoms with van der Waals surface area (Å²) < 4.78 is 62.6. The van der Waals surface area contributed by atoms with Crippen molar-refractivity contribution in [3.8, 4) is 0 Å². The molecule has 0 bridgehead atoms. The molecule has 0 saturated carbocycles. The van der Waals surface area contributed by atoms with Crippen LogP contribution in [0.15, 0.2) is 53.9 Å². The van der Waals surface area contributed by atoms with E-state index >= 15 is 0 Å². The molecule has 0 aliphatic rings. The molecule has 0 aromatic heterocycles. The van der Waals surface area contributed by atoms with Crippen molar-refractivity contribution in [2.24, 2.45) is 0 Å². The summed E-state index contributed by atoms with van der Waals surface area (Å²) in [6.07, 6.45) is -3.57. The third kappa shape index (κ3) is 5.11. The molecule has 0 spiro atoms. The molecule has 0 amide bonds. The first-order chi connectivity index (χ1) is 10.7. The van der Waals surface area contributed by atoms with Crippen LogP contribution in [0.4, 0.5) is 13.2 Å². The van der Waals surface area contributed by atoms with Crippen LogP contribution in [0.3, 0.4) is 0 Å². The van der Waals surface area contributed by atoms with Gasteiger partial charge >= 0.3 is 6.18 Å². The zero-order valence-electron chi connectivity index (χ0n) is 11.7. The SMILES string of the molecule is O=S(=O)(C=Cc1ccccc1C(F)(F)F)Cc1ccc(Cl)cc1. The maximum atomic E-state index is 12.9. The van der Waals surface area contributed by atoms with Crippen LogP contribution < -0.4 is 0 Å². The van der Waals surface area contributed by atoms with Crippen molar-refractivity contribution in [2.75, 3.05) is 0 Å². The largest absolute Gasteiger partial charge is 0.416 e. The lowest BCUT2D eigenvalue weighted by Gasteiger charge is -2.09. The van der Waals surface area contributed by atoms with Crippen LogP contribution in [-0.2, 0) is 21.8 Å². The van der Waals surface area contributed by atoms with Gasteiger partial charge in [-0.1, -0.05) is 41.9 Å². The minimum absolute atomic E-state index is 0.195. The summed E-state index contributed by atoms with van der Waals surface area (Å²) >= 11 is 5.71. The summed E-state index contributed by atoms with van der Waals surface area (Å²) in [5, 5.41) is 1.27. The molecule has 7 heteroatoms. The number of hydrogen-bond acceptors (Lipinski definition) is 2. The molecule has 2 nitrogen and oxygen atoms in total. The highest BCUT2D eigenvalue weighted by atomic mass is 35.5. The number of hydrogen-bond donors (Lipinski definition) is 0. The van der Waals surface area contributed by atoms with E-state index in [0.29, 0.717) is 10.6 Å². The van der Waals surface area contributed by atoms with Crippen molar-refractivity contribution < 1.29 is 21.6 Å². The molecule has 2 rings (SSSR count). The normalized spacial score (nSPS) is 12.7. The van der Waals surface area contributed by atoms with Gasteiger partial charge in [0, 0.05) is 10.4 Å². The minimum Gasteiger partial charge on any atom is -0.224 e. The Morgan fingerprint density at radius 2 is 1.61 bits per heavy atom. The minimum atomic E-state index is -4.54. The van der Waals surface area contributed by atoms with Gasteiger partial charge in [0.15, 0.2) is 9.84 Å². The fourth-order valence-corrected chi connectivity index (χ4v) is 3.17. The van der Waals surface area contributed by atoms with Crippen LogP contribution in [0.1, 0.15) is 16.7 Å². The number of alkyl halides is 3. The molecule has 23 heavy (non-hydrogen) atoms. The van der Waals surface area contributed by atoms with E-state index in [2.05, 4.69) is 0 Å². The van der Waals surface area contributed by atoms with Crippen LogP contribution in [0.2, 0.25) is 5.02 Å². The first-order valence-corrected chi connectivity index (χ1v) is 8.58. The average molecular weight is 361 g/mol. The van der Waals surface area contributed by atoms with E-state index in [4.69, 9.17) is 11.6 Å². The molecule has 0 atom stereocenters. The Bertz CT molecular complexity index is 810. The predicted octanol–water partition coefficient (Wildman–Crippen LogP) is 4.94. The Morgan fingerprint density at radius 3 is 2.22 bits per heavy atom. The van der Waals surface area contributed by atoms with Gasteiger partial charge in [-0.2, -0.15) is 13.2 Å². The standard InChI is InChI=1S/C16H12ClF3O2S/c17-14-7-5-12(6-8-14)11-23(21,22)10-9-13-3-1-2-4-15(13)16(18,19)20/h1-10H,11H2. The van der Waals surface area contributed by atoms with E-state index < -0.39 is 21.6 Å².